The van der Waals surface area contributed by atoms with Crippen LogP contribution >= 0.6 is 11.6 Å². The number of nitrogens with zero attached hydrogens (tertiary/aromatic N) is 1. The standard InChI is InChI=1S/C16H17ClN2O2/c1-10-4-5-12(8-15(10)17)19-18-11(2)14-7-6-13(21-3)9-16(14)20/h4-9,19-20H,1-3H3. The van der Waals surface area contributed by atoms with E-state index in [4.69, 9.17) is 16.3 Å². The molecule has 0 radical (unpaired) electrons. The molecule has 2 aromatic carbocycles. The van der Waals surface area contributed by atoms with Crippen molar-refractivity contribution < 1.29 is 9.84 Å². The molecule has 0 heterocycles. The number of halogens is 1. The highest BCUT2D eigenvalue weighted by molar-refractivity contribution is 6.31. The van der Waals surface area contributed by atoms with E-state index in [-0.39, 0.29) is 5.75 Å². The van der Waals surface area contributed by atoms with Gasteiger partial charge in [0.2, 0.25) is 0 Å². The molecule has 0 atom stereocenters. The van der Waals surface area contributed by atoms with Crippen LogP contribution in [0.5, 0.6) is 11.5 Å². The summed E-state index contributed by atoms with van der Waals surface area (Å²) in [6, 6.07) is 10.7. The SMILES string of the molecule is COc1ccc(C(C)=NNc2ccc(C)c(Cl)c2)c(O)c1. The molecule has 0 aliphatic heterocycles. The molecular weight excluding hydrogens is 288 g/mol. The number of phenols is 1. The molecule has 2 aromatic rings. The highest BCUT2D eigenvalue weighted by Crippen LogP contribution is 2.24. The van der Waals surface area contributed by atoms with Crippen LogP contribution in [0.25, 0.3) is 0 Å². The first-order valence-corrected chi connectivity index (χ1v) is 6.83. The van der Waals surface area contributed by atoms with Crippen molar-refractivity contribution in [3.05, 3.63) is 52.5 Å². The first-order chi connectivity index (χ1) is 10.0. The van der Waals surface area contributed by atoms with Gasteiger partial charge >= 0.3 is 0 Å². The van der Waals surface area contributed by atoms with Crippen LogP contribution in [0.2, 0.25) is 5.02 Å². The molecule has 0 saturated heterocycles. The Morgan fingerprint density at radius 3 is 2.62 bits per heavy atom. The summed E-state index contributed by atoms with van der Waals surface area (Å²) in [5.74, 6) is 0.724. The number of methoxy groups -OCH3 is 1. The maximum Gasteiger partial charge on any atom is 0.128 e. The normalized spacial score (nSPS) is 11.3. The van der Waals surface area contributed by atoms with Gasteiger partial charge in [0, 0.05) is 16.7 Å². The summed E-state index contributed by atoms with van der Waals surface area (Å²) >= 11 is 6.06. The highest BCUT2D eigenvalue weighted by atomic mass is 35.5. The number of hydrazone groups is 1. The van der Waals surface area contributed by atoms with Crippen molar-refractivity contribution in [3.8, 4) is 11.5 Å². The number of phenolic OH excluding ortho intramolecular Hbond substituents is 1. The minimum absolute atomic E-state index is 0.124. The molecule has 0 unspecified atom stereocenters. The summed E-state index contributed by atoms with van der Waals surface area (Å²) in [5, 5.41) is 14.9. The first-order valence-electron chi connectivity index (χ1n) is 6.45. The Labute approximate surface area is 129 Å². The number of hydrogen-bond acceptors (Lipinski definition) is 4. The molecule has 0 bridgehead atoms. The van der Waals surface area contributed by atoms with E-state index in [9.17, 15) is 5.11 Å². The molecule has 5 heteroatoms. The summed E-state index contributed by atoms with van der Waals surface area (Å²) in [5.41, 5.74) is 6.03. The van der Waals surface area contributed by atoms with Crippen LogP contribution < -0.4 is 10.2 Å². The molecule has 0 aliphatic carbocycles. The largest absolute Gasteiger partial charge is 0.507 e. The number of anilines is 1. The van der Waals surface area contributed by atoms with Gasteiger partial charge in [-0.15, -0.1) is 0 Å². The number of ether oxygens (including phenoxy) is 1. The number of rotatable bonds is 4. The fourth-order valence-corrected chi connectivity index (χ4v) is 2.00. The van der Waals surface area contributed by atoms with Crippen molar-refractivity contribution in [1.82, 2.24) is 0 Å². The van der Waals surface area contributed by atoms with E-state index < -0.39 is 0 Å². The van der Waals surface area contributed by atoms with Gasteiger partial charge in [-0.05, 0) is 43.7 Å². The number of aromatic hydroxyl groups is 1. The lowest BCUT2D eigenvalue weighted by Gasteiger charge is -2.08. The third kappa shape index (κ3) is 3.67. The molecule has 21 heavy (non-hydrogen) atoms. The maximum absolute atomic E-state index is 9.96. The van der Waals surface area contributed by atoms with Gasteiger partial charge in [-0.2, -0.15) is 5.10 Å². The lowest BCUT2D eigenvalue weighted by molar-refractivity contribution is 0.407. The van der Waals surface area contributed by atoms with Crippen LogP contribution in [0.3, 0.4) is 0 Å². The van der Waals surface area contributed by atoms with Crippen molar-refractivity contribution >= 4 is 23.0 Å². The van der Waals surface area contributed by atoms with Gasteiger partial charge in [0.15, 0.2) is 0 Å². The second-order valence-electron chi connectivity index (χ2n) is 4.66. The van der Waals surface area contributed by atoms with E-state index in [2.05, 4.69) is 10.5 Å². The third-order valence-corrected chi connectivity index (χ3v) is 3.53. The molecular formula is C16H17ClN2O2. The summed E-state index contributed by atoms with van der Waals surface area (Å²) < 4.78 is 5.05. The van der Waals surface area contributed by atoms with E-state index in [0.717, 1.165) is 11.3 Å². The zero-order valence-corrected chi connectivity index (χ0v) is 12.9. The summed E-state index contributed by atoms with van der Waals surface area (Å²) in [6.45, 7) is 3.75. The Kier molecular flexibility index (Phi) is 4.70. The van der Waals surface area contributed by atoms with Crippen LogP contribution in [0.4, 0.5) is 5.69 Å². The second-order valence-corrected chi connectivity index (χ2v) is 5.06. The lowest BCUT2D eigenvalue weighted by atomic mass is 10.1. The fourth-order valence-electron chi connectivity index (χ4n) is 1.82. The van der Waals surface area contributed by atoms with Gasteiger partial charge in [0.1, 0.15) is 11.5 Å². The number of hydrogen-bond donors (Lipinski definition) is 2. The molecule has 0 saturated carbocycles. The van der Waals surface area contributed by atoms with Gasteiger partial charge in [-0.3, -0.25) is 5.43 Å². The van der Waals surface area contributed by atoms with Crippen molar-refractivity contribution in [2.45, 2.75) is 13.8 Å². The van der Waals surface area contributed by atoms with Crippen LogP contribution in [-0.2, 0) is 0 Å². The number of aryl methyl sites for hydroxylation is 1. The van der Waals surface area contributed by atoms with Crippen molar-refractivity contribution in [1.29, 1.82) is 0 Å². The first kappa shape index (κ1) is 15.2. The van der Waals surface area contributed by atoms with E-state index in [1.807, 2.05) is 32.0 Å². The Hall–Kier alpha value is -2.20. The van der Waals surface area contributed by atoms with Crippen molar-refractivity contribution in [3.63, 3.8) is 0 Å². The lowest BCUT2D eigenvalue weighted by Crippen LogP contribution is -2.00. The quantitative estimate of drug-likeness (QED) is 0.657. The number of benzene rings is 2. The third-order valence-electron chi connectivity index (χ3n) is 3.12. The minimum Gasteiger partial charge on any atom is -0.507 e. The average Bonchev–Trinajstić information content (AvgIpc) is 2.48. The topological polar surface area (TPSA) is 53.8 Å². The monoisotopic (exact) mass is 304 g/mol. The molecule has 110 valence electrons. The zero-order valence-electron chi connectivity index (χ0n) is 12.1. The Morgan fingerprint density at radius 2 is 2.00 bits per heavy atom. The van der Waals surface area contributed by atoms with Gasteiger partial charge in [0.25, 0.3) is 0 Å². The maximum atomic E-state index is 9.96. The van der Waals surface area contributed by atoms with Crippen LogP contribution in [0, 0.1) is 6.92 Å². The highest BCUT2D eigenvalue weighted by Gasteiger charge is 2.06. The molecule has 0 spiro atoms. The minimum atomic E-state index is 0.124. The molecule has 0 aromatic heterocycles. The predicted molar refractivity (Wildman–Crippen MR) is 86.7 cm³/mol. The summed E-state index contributed by atoms with van der Waals surface area (Å²) in [6.07, 6.45) is 0. The molecule has 0 fully saturated rings. The van der Waals surface area contributed by atoms with Crippen molar-refractivity contribution in [2.75, 3.05) is 12.5 Å². The summed E-state index contributed by atoms with van der Waals surface area (Å²) in [7, 11) is 1.55. The Balaban J connectivity index is 2.19. The zero-order chi connectivity index (χ0) is 15.4. The number of nitrogens with one attached hydrogen (secondary N) is 1. The Morgan fingerprint density at radius 1 is 1.24 bits per heavy atom. The van der Waals surface area contributed by atoms with Crippen LogP contribution in [0.1, 0.15) is 18.1 Å². The van der Waals surface area contributed by atoms with Gasteiger partial charge in [-0.25, -0.2) is 0 Å². The van der Waals surface area contributed by atoms with E-state index >= 15 is 0 Å². The van der Waals surface area contributed by atoms with Crippen LogP contribution in [0.15, 0.2) is 41.5 Å². The van der Waals surface area contributed by atoms with Gasteiger partial charge < -0.3 is 9.84 Å². The molecule has 2 N–H and O–H groups in total. The molecule has 0 amide bonds. The average molecular weight is 305 g/mol. The molecule has 2 rings (SSSR count). The molecule has 4 nitrogen and oxygen atoms in total. The molecule has 0 aliphatic rings. The second kappa shape index (κ2) is 6.50. The Bertz CT molecular complexity index is 684. The predicted octanol–water partition coefficient (Wildman–Crippen LogP) is 4.20. The van der Waals surface area contributed by atoms with E-state index in [0.29, 0.717) is 22.0 Å². The fraction of sp³-hybridized carbons (Fsp3) is 0.188. The smallest absolute Gasteiger partial charge is 0.128 e. The summed E-state index contributed by atoms with van der Waals surface area (Å²) in [4.78, 5) is 0. The van der Waals surface area contributed by atoms with Gasteiger partial charge in [-0.1, -0.05) is 17.7 Å². The van der Waals surface area contributed by atoms with E-state index in [1.165, 1.54) is 0 Å². The van der Waals surface area contributed by atoms with E-state index in [1.54, 1.807) is 25.3 Å². The van der Waals surface area contributed by atoms with Gasteiger partial charge in [0.05, 0.1) is 18.5 Å². The van der Waals surface area contributed by atoms with Crippen LogP contribution in [-0.4, -0.2) is 17.9 Å². The van der Waals surface area contributed by atoms with Crippen molar-refractivity contribution in [2.24, 2.45) is 5.10 Å².